The van der Waals surface area contributed by atoms with Gasteiger partial charge in [0, 0.05) is 17.7 Å². The molecule has 7 heteroatoms. The first-order valence-corrected chi connectivity index (χ1v) is 8.51. The normalized spacial score (nSPS) is 12.6. The summed E-state index contributed by atoms with van der Waals surface area (Å²) in [6.45, 7) is 13.1. The molecule has 2 rings (SSSR count). The molecule has 0 bridgehead atoms. The minimum atomic E-state index is -6.00. The molecule has 0 aliphatic carbocycles. The van der Waals surface area contributed by atoms with Crippen LogP contribution in [0.5, 0.6) is 0 Å². The van der Waals surface area contributed by atoms with Crippen LogP contribution in [0.25, 0.3) is 11.1 Å². The Labute approximate surface area is 144 Å². The molecule has 0 aliphatic heterocycles. The van der Waals surface area contributed by atoms with E-state index in [4.69, 9.17) is 4.42 Å². The van der Waals surface area contributed by atoms with E-state index in [1.165, 1.54) is 11.1 Å². The van der Waals surface area contributed by atoms with Crippen molar-refractivity contribution in [3.63, 3.8) is 0 Å². The van der Waals surface area contributed by atoms with Gasteiger partial charge in [-0.25, -0.2) is 4.42 Å². The van der Waals surface area contributed by atoms with Crippen molar-refractivity contribution in [3.05, 3.63) is 40.5 Å². The highest BCUT2D eigenvalue weighted by Gasteiger charge is 2.33. The zero-order valence-electron chi connectivity index (χ0n) is 14.8. The van der Waals surface area contributed by atoms with Crippen molar-refractivity contribution in [1.82, 2.24) is 0 Å². The monoisotopic (exact) mass is 362 g/mol. The van der Waals surface area contributed by atoms with Crippen LogP contribution in [0, 0.1) is 0 Å². The second-order valence-electron chi connectivity index (χ2n) is 7.58. The SMILES string of the molecule is CC(C)(C)c1cc(-c2ccsc2)cc(C(C)(C)C)[o+]1.F[B-](F)(F)F. The first-order chi connectivity index (χ1) is 10.7. The van der Waals surface area contributed by atoms with Gasteiger partial charge in [-0.1, -0.05) is 0 Å². The van der Waals surface area contributed by atoms with E-state index in [9.17, 15) is 17.3 Å². The van der Waals surface area contributed by atoms with Crippen molar-refractivity contribution in [2.75, 3.05) is 0 Å². The van der Waals surface area contributed by atoms with E-state index < -0.39 is 7.25 Å². The van der Waals surface area contributed by atoms with Crippen LogP contribution in [-0.4, -0.2) is 7.25 Å². The first-order valence-electron chi connectivity index (χ1n) is 7.57. The molecule has 2 heterocycles. The van der Waals surface area contributed by atoms with Crippen LogP contribution in [0.15, 0.2) is 33.4 Å². The fourth-order valence-corrected chi connectivity index (χ4v) is 2.50. The average Bonchev–Trinajstić information content (AvgIpc) is 2.87. The lowest BCUT2D eigenvalue weighted by Gasteiger charge is -2.14. The number of thiophene rings is 1. The highest BCUT2D eigenvalue weighted by Crippen LogP contribution is 2.34. The molecule has 1 nitrogen and oxygen atoms in total. The fourth-order valence-electron chi connectivity index (χ4n) is 1.84. The molecule has 2 aromatic rings. The minimum Gasteiger partial charge on any atom is -0.418 e. The Kier molecular flexibility index (Phi) is 6.25. The Morgan fingerprint density at radius 2 is 1.25 bits per heavy atom. The Morgan fingerprint density at radius 1 is 0.833 bits per heavy atom. The second-order valence-corrected chi connectivity index (χ2v) is 8.36. The van der Waals surface area contributed by atoms with Gasteiger partial charge in [0.25, 0.3) is 0 Å². The number of hydrogen-bond acceptors (Lipinski definition) is 1. The molecule has 24 heavy (non-hydrogen) atoms. The van der Waals surface area contributed by atoms with Crippen molar-refractivity contribution < 1.29 is 21.7 Å². The lowest BCUT2D eigenvalue weighted by atomic mass is 9.88. The summed E-state index contributed by atoms with van der Waals surface area (Å²) in [5, 5.41) is 4.31. The van der Waals surface area contributed by atoms with Crippen molar-refractivity contribution in [2.45, 2.75) is 52.4 Å². The highest BCUT2D eigenvalue weighted by atomic mass is 32.1. The summed E-state index contributed by atoms with van der Waals surface area (Å²) in [5.74, 6) is 2.09. The average molecular weight is 362 g/mol. The molecule has 0 aromatic carbocycles. The Bertz CT molecular complexity index is 614. The van der Waals surface area contributed by atoms with Gasteiger partial charge in [0.05, 0.1) is 10.8 Å². The fraction of sp³-hybridized carbons (Fsp3) is 0.471. The van der Waals surface area contributed by atoms with E-state index in [1.807, 2.05) is 0 Å². The highest BCUT2D eigenvalue weighted by molar-refractivity contribution is 7.08. The summed E-state index contributed by atoms with van der Waals surface area (Å²) in [6.07, 6.45) is 0. The molecule has 2 aromatic heterocycles. The summed E-state index contributed by atoms with van der Waals surface area (Å²) in [7, 11) is -6.00. The minimum absolute atomic E-state index is 0.0199. The summed E-state index contributed by atoms with van der Waals surface area (Å²) in [6, 6.07) is 6.52. The Hall–Kier alpha value is -1.37. The molecule has 0 fully saturated rings. The van der Waals surface area contributed by atoms with Gasteiger partial charge in [-0.15, -0.1) is 0 Å². The summed E-state index contributed by atoms with van der Waals surface area (Å²) >= 11 is 1.73. The van der Waals surface area contributed by atoms with Gasteiger partial charge in [-0.2, -0.15) is 11.3 Å². The van der Waals surface area contributed by atoms with Gasteiger partial charge in [-0.05, 0) is 63.9 Å². The van der Waals surface area contributed by atoms with Crippen molar-refractivity contribution in [1.29, 1.82) is 0 Å². The zero-order valence-corrected chi connectivity index (χ0v) is 15.6. The number of halogens is 4. The molecule has 0 amide bonds. The van der Waals surface area contributed by atoms with Gasteiger partial charge in [0.1, 0.15) is 0 Å². The van der Waals surface area contributed by atoms with Crippen LogP contribution in [0.3, 0.4) is 0 Å². The lowest BCUT2D eigenvalue weighted by Crippen LogP contribution is -2.16. The van der Waals surface area contributed by atoms with Gasteiger partial charge in [0.15, 0.2) is 0 Å². The maximum Gasteiger partial charge on any atom is 0.673 e. The molecule has 0 saturated carbocycles. The van der Waals surface area contributed by atoms with E-state index in [2.05, 4.69) is 70.5 Å². The molecule has 0 N–H and O–H groups in total. The van der Waals surface area contributed by atoms with E-state index in [0.29, 0.717) is 0 Å². The van der Waals surface area contributed by atoms with Crippen molar-refractivity contribution in [2.24, 2.45) is 0 Å². The molecular weight excluding hydrogens is 339 g/mol. The molecular formula is C17H23BF4OS. The summed E-state index contributed by atoms with van der Waals surface area (Å²) < 4.78 is 45.1. The van der Waals surface area contributed by atoms with Gasteiger partial charge in [0.2, 0.25) is 0 Å². The molecule has 0 spiro atoms. The first kappa shape index (κ1) is 20.7. The maximum absolute atomic E-state index is 9.75. The second kappa shape index (κ2) is 7.25. The molecule has 0 atom stereocenters. The smallest absolute Gasteiger partial charge is 0.418 e. The lowest BCUT2D eigenvalue weighted by molar-refractivity contribution is 0.329. The van der Waals surface area contributed by atoms with Crippen molar-refractivity contribution in [3.8, 4) is 11.1 Å². The topological polar surface area (TPSA) is 11.3 Å². The van der Waals surface area contributed by atoms with Gasteiger partial charge in [-0.3, -0.25) is 0 Å². The summed E-state index contributed by atoms with van der Waals surface area (Å²) in [5.41, 5.74) is 2.57. The van der Waals surface area contributed by atoms with Crippen LogP contribution >= 0.6 is 11.3 Å². The zero-order chi connectivity index (χ0) is 18.8. The largest absolute Gasteiger partial charge is 0.673 e. The van der Waals surface area contributed by atoms with E-state index in [-0.39, 0.29) is 10.8 Å². The maximum atomic E-state index is 9.75. The van der Waals surface area contributed by atoms with Crippen LogP contribution in [-0.2, 0) is 10.8 Å². The molecule has 134 valence electrons. The predicted octanol–water partition coefficient (Wildman–Crippen LogP) is 7.18. The number of rotatable bonds is 1. The van der Waals surface area contributed by atoms with Crippen LogP contribution in [0.4, 0.5) is 17.3 Å². The van der Waals surface area contributed by atoms with E-state index >= 15 is 0 Å². The molecule has 0 aliphatic rings. The van der Waals surface area contributed by atoms with E-state index in [0.717, 1.165) is 11.5 Å². The quantitative estimate of drug-likeness (QED) is 0.297. The van der Waals surface area contributed by atoms with Crippen LogP contribution in [0.2, 0.25) is 0 Å². The van der Waals surface area contributed by atoms with Crippen LogP contribution in [0.1, 0.15) is 53.1 Å². The standard InChI is InChI=1S/C17H23OS.BF4/c1-16(2,3)14-9-13(12-7-8-19-11-12)10-15(18-14)17(4,5)6;2-1(3,4)5/h7-11H,1-6H3;/q+1;-1. The van der Waals surface area contributed by atoms with E-state index in [1.54, 1.807) is 11.3 Å². The van der Waals surface area contributed by atoms with Crippen molar-refractivity contribution >= 4 is 18.6 Å². The molecule has 0 radical (unpaired) electrons. The third-order valence-corrected chi connectivity index (χ3v) is 3.81. The molecule has 0 unspecified atom stereocenters. The van der Waals surface area contributed by atoms with Gasteiger partial charge >= 0.3 is 18.8 Å². The molecule has 0 saturated heterocycles. The van der Waals surface area contributed by atoms with Crippen LogP contribution < -0.4 is 0 Å². The predicted molar refractivity (Wildman–Crippen MR) is 94.0 cm³/mol. The third kappa shape index (κ3) is 7.03. The Morgan fingerprint density at radius 3 is 1.54 bits per heavy atom. The summed E-state index contributed by atoms with van der Waals surface area (Å²) in [4.78, 5) is 0. The number of hydrogen-bond donors (Lipinski definition) is 0. The third-order valence-electron chi connectivity index (χ3n) is 3.13. The Balaban J connectivity index is 0.000000505. The van der Waals surface area contributed by atoms with Gasteiger partial charge < -0.3 is 17.3 Å².